The molecule has 0 bridgehead atoms. The van der Waals surface area contributed by atoms with Crippen molar-refractivity contribution in [2.45, 2.75) is 12.5 Å². The molecule has 0 amide bonds. The Bertz CT molecular complexity index is 177. The number of aliphatic carboxylic acids is 1. The standard InChI is InChI=1S/C10H21NO5/c1-11-9(10(12)13)8-16-5-3-4-15-7-6-14-2/h9,11H,3-8H2,1-2H3,(H,12,13). The minimum Gasteiger partial charge on any atom is -0.480 e. The zero-order valence-electron chi connectivity index (χ0n) is 9.90. The van der Waals surface area contributed by atoms with Crippen LogP contribution in [0.1, 0.15) is 6.42 Å². The second-order valence-electron chi connectivity index (χ2n) is 3.21. The van der Waals surface area contributed by atoms with E-state index < -0.39 is 12.0 Å². The molecule has 0 aromatic rings. The topological polar surface area (TPSA) is 77.0 Å². The highest BCUT2D eigenvalue weighted by Crippen LogP contribution is 1.89. The number of hydrogen-bond acceptors (Lipinski definition) is 5. The number of carboxylic acid groups (broad SMARTS) is 1. The molecule has 0 rings (SSSR count). The lowest BCUT2D eigenvalue weighted by Gasteiger charge is -2.11. The molecule has 0 aliphatic rings. The second kappa shape index (κ2) is 10.8. The van der Waals surface area contributed by atoms with Gasteiger partial charge in [0.15, 0.2) is 0 Å². The van der Waals surface area contributed by atoms with Crippen molar-refractivity contribution in [2.24, 2.45) is 0 Å². The molecule has 0 spiro atoms. The lowest BCUT2D eigenvalue weighted by atomic mass is 10.3. The van der Waals surface area contributed by atoms with Crippen LogP contribution in [0.3, 0.4) is 0 Å². The van der Waals surface area contributed by atoms with Crippen LogP contribution in [0.2, 0.25) is 0 Å². The summed E-state index contributed by atoms with van der Waals surface area (Å²) in [5.41, 5.74) is 0. The van der Waals surface area contributed by atoms with E-state index in [1.165, 1.54) is 0 Å². The summed E-state index contributed by atoms with van der Waals surface area (Å²) in [6.07, 6.45) is 0.750. The number of methoxy groups -OCH3 is 1. The first-order valence-electron chi connectivity index (χ1n) is 5.26. The Labute approximate surface area is 95.9 Å². The summed E-state index contributed by atoms with van der Waals surface area (Å²) in [6, 6.07) is -0.644. The van der Waals surface area contributed by atoms with Gasteiger partial charge in [-0.3, -0.25) is 4.79 Å². The van der Waals surface area contributed by atoms with Gasteiger partial charge in [0.25, 0.3) is 0 Å². The highest BCUT2D eigenvalue weighted by Gasteiger charge is 2.13. The van der Waals surface area contributed by atoms with Gasteiger partial charge < -0.3 is 24.6 Å². The van der Waals surface area contributed by atoms with Crippen LogP contribution < -0.4 is 5.32 Å². The molecule has 96 valence electrons. The monoisotopic (exact) mass is 235 g/mol. The van der Waals surface area contributed by atoms with Crippen LogP contribution in [0, 0.1) is 0 Å². The molecule has 0 heterocycles. The van der Waals surface area contributed by atoms with Crippen molar-refractivity contribution in [3.05, 3.63) is 0 Å². The van der Waals surface area contributed by atoms with Crippen LogP contribution in [0.5, 0.6) is 0 Å². The lowest BCUT2D eigenvalue weighted by Crippen LogP contribution is -2.38. The number of nitrogens with one attached hydrogen (secondary N) is 1. The van der Waals surface area contributed by atoms with Crippen LogP contribution in [-0.2, 0) is 19.0 Å². The molecule has 2 N–H and O–H groups in total. The third-order valence-electron chi connectivity index (χ3n) is 1.94. The minimum atomic E-state index is -0.904. The molecule has 16 heavy (non-hydrogen) atoms. The van der Waals surface area contributed by atoms with Crippen molar-refractivity contribution < 1.29 is 24.1 Å². The normalized spacial score (nSPS) is 12.6. The van der Waals surface area contributed by atoms with Gasteiger partial charge >= 0.3 is 5.97 Å². The maximum Gasteiger partial charge on any atom is 0.323 e. The van der Waals surface area contributed by atoms with Gasteiger partial charge in [-0.1, -0.05) is 0 Å². The molecule has 1 unspecified atom stereocenters. The summed E-state index contributed by atoms with van der Waals surface area (Å²) in [4.78, 5) is 10.6. The first kappa shape index (κ1) is 15.3. The highest BCUT2D eigenvalue weighted by molar-refractivity contribution is 5.73. The van der Waals surface area contributed by atoms with Crippen molar-refractivity contribution in [1.82, 2.24) is 5.32 Å². The molecule has 0 aromatic carbocycles. The number of rotatable bonds is 11. The third kappa shape index (κ3) is 8.60. The predicted molar refractivity (Wildman–Crippen MR) is 58.6 cm³/mol. The molecule has 6 heteroatoms. The summed E-state index contributed by atoms with van der Waals surface area (Å²) in [7, 11) is 3.21. The maximum atomic E-state index is 10.6. The van der Waals surface area contributed by atoms with Gasteiger partial charge in [-0.05, 0) is 13.5 Å². The van der Waals surface area contributed by atoms with Crippen molar-refractivity contribution in [3.8, 4) is 0 Å². The van der Waals surface area contributed by atoms with Gasteiger partial charge in [0, 0.05) is 20.3 Å². The van der Waals surface area contributed by atoms with E-state index in [1.807, 2.05) is 0 Å². The predicted octanol–water partition coefficient (Wildman–Crippen LogP) is -0.271. The molecule has 0 aliphatic heterocycles. The Morgan fingerprint density at radius 2 is 1.94 bits per heavy atom. The average Bonchev–Trinajstić information content (AvgIpc) is 2.26. The number of hydrogen-bond donors (Lipinski definition) is 2. The van der Waals surface area contributed by atoms with E-state index in [-0.39, 0.29) is 6.61 Å². The van der Waals surface area contributed by atoms with E-state index >= 15 is 0 Å². The summed E-state index contributed by atoms with van der Waals surface area (Å²) < 4.78 is 15.2. The van der Waals surface area contributed by atoms with Crippen molar-refractivity contribution in [3.63, 3.8) is 0 Å². The van der Waals surface area contributed by atoms with E-state index in [0.717, 1.165) is 6.42 Å². The van der Waals surface area contributed by atoms with Crippen LogP contribution in [-0.4, -0.2) is 64.3 Å². The summed E-state index contributed by atoms with van der Waals surface area (Å²) >= 11 is 0. The molecular formula is C10H21NO5. The van der Waals surface area contributed by atoms with Crippen LogP contribution in [0.25, 0.3) is 0 Å². The fraction of sp³-hybridized carbons (Fsp3) is 0.900. The summed E-state index contributed by atoms with van der Waals surface area (Å²) in [5, 5.41) is 11.3. The van der Waals surface area contributed by atoms with Crippen molar-refractivity contribution in [1.29, 1.82) is 0 Å². The molecule has 0 fully saturated rings. The Kier molecular flexibility index (Phi) is 10.3. The number of carbonyl (C=O) groups is 1. The van der Waals surface area contributed by atoms with Gasteiger partial charge in [-0.25, -0.2) is 0 Å². The third-order valence-corrected chi connectivity index (χ3v) is 1.94. The van der Waals surface area contributed by atoms with Gasteiger partial charge in [-0.15, -0.1) is 0 Å². The van der Waals surface area contributed by atoms with Gasteiger partial charge in [0.1, 0.15) is 6.04 Å². The fourth-order valence-electron chi connectivity index (χ4n) is 0.987. The van der Waals surface area contributed by atoms with Crippen molar-refractivity contribution >= 4 is 5.97 Å². The van der Waals surface area contributed by atoms with Crippen LogP contribution in [0.15, 0.2) is 0 Å². The number of carboxylic acids is 1. The molecular weight excluding hydrogens is 214 g/mol. The highest BCUT2D eigenvalue weighted by atomic mass is 16.5. The summed E-state index contributed by atoms with van der Waals surface area (Å²) in [5.74, 6) is -0.904. The van der Waals surface area contributed by atoms with E-state index in [0.29, 0.717) is 26.4 Å². The Balaban J connectivity index is 3.22. The largest absolute Gasteiger partial charge is 0.480 e. The molecule has 0 saturated heterocycles. The maximum absolute atomic E-state index is 10.6. The quantitative estimate of drug-likeness (QED) is 0.480. The molecule has 0 aromatic heterocycles. The first-order chi connectivity index (χ1) is 7.72. The number of likely N-dealkylation sites (N-methyl/N-ethyl adjacent to an activating group) is 1. The number of ether oxygens (including phenoxy) is 3. The zero-order valence-corrected chi connectivity index (χ0v) is 9.90. The Morgan fingerprint density at radius 1 is 1.25 bits per heavy atom. The molecule has 1 atom stereocenters. The van der Waals surface area contributed by atoms with E-state index in [9.17, 15) is 4.79 Å². The molecule has 0 radical (unpaired) electrons. The Morgan fingerprint density at radius 3 is 2.50 bits per heavy atom. The average molecular weight is 235 g/mol. The minimum absolute atomic E-state index is 0.171. The molecule has 0 aliphatic carbocycles. The van der Waals surface area contributed by atoms with Gasteiger partial charge in [0.05, 0.1) is 19.8 Å². The zero-order chi connectivity index (χ0) is 12.2. The van der Waals surface area contributed by atoms with E-state index in [4.69, 9.17) is 19.3 Å². The first-order valence-corrected chi connectivity index (χ1v) is 5.26. The van der Waals surface area contributed by atoms with E-state index in [2.05, 4.69) is 5.32 Å². The Hall–Kier alpha value is -0.690. The lowest BCUT2D eigenvalue weighted by molar-refractivity contribution is -0.141. The second-order valence-corrected chi connectivity index (χ2v) is 3.21. The van der Waals surface area contributed by atoms with Crippen LogP contribution >= 0.6 is 0 Å². The van der Waals surface area contributed by atoms with Crippen molar-refractivity contribution in [2.75, 3.05) is 47.2 Å². The van der Waals surface area contributed by atoms with Gasteiger partial charge in [-0.2, -0.15) is 0 Å². The fourth-order valence-corrected chi connectivity index (χ4v) is 0.987. The van der Waals surface area contributed by atoms with E-state index in [1.54, 1.807) is 14.2 Å². The molecule has 6 nitrogen and oxygen atoms in total. The van der Waals surface area contributed by atoms with Crippen LogP contribution in [0.4, 0.5) is 0 Å². The smallest absolute Gasteiger partial charge is 0.323 e. The molecule has 0 saturated carbocycles. The summed E-state index contributed by atoms with van der Waals surface area (Å²) in [6.45, 7) is 2.43. The van der Waals surface area contributed by atoms with Gasteiger partial charge in [0.2, 0.25) is 0 Å². The SMILES string of the molecule is CNC(COCCCOCCOC)C(=O)O.